The Morgan fingerprint density at radius 3 is 2.16 bits per heavy atom. The predicted octanol–water partition coefficient (Wildman–Crippen LogP) is 6.09. The van der Waals surface area contributed by atoms with E-state index in [0.717, 1.165) is 27.8 Å². The van der Waals surface area contributed by atoms with Gasteiger partial charge in [-0.2, -0.15) is 0 Å². The molecule has 0 aliphatic heterocycles. The summed E-state index contributed by atoms with van der Waals surface area (Å²) in [6.07, 6.45) is 1.82. The summed E-state index contributed by atoms with van der Waals surface area (Å²) in [5.74, 6) is 0.966. The number of rotatable bonds is 11. The number of amides is 1. The molecule has 0 saturated carbocycles. The van der Waals surface area contributed by atoms with E-state index in [1.807, 2.05) is 109 Å². The average molecular weight is 505 g/mol. The molecule has 5 rings (SSSR count). The van der Waals surface area contributed by atoms with E-state index in [9.17, 15) is 9.59 Å². The van der Waals surface area contributed by atoms with E-state index in [-0.39, 0.29) is 24.7 Å². The molecule has 190 valence electrons. The van der Waals surface area contributed by atoms with Crippen molar-refractivity contribution in [3.05, 3.63) is 132 Å². The summed E-state index contributed by atoms with van der Waals surface area (Å²) in [4.78, 5) is 29.7. The van der Waals surface area contributed by atoms with Gasteiger partial charge in [0, 0.05) is 23.5 Å². The lowest BCUT2D eigenvalue weighted by Gasteiger charge is -2.18. The van der Waals surface area contributed by atoms with Gasteiger partial charge in [-0.3, -0.25) is 9.59 Å². The number of hydrogen-bond acceptors (Lipinski definition) is 4. The highest BCUT2D eigenvalue weighted by Crippen LogP contribution is 2.22. The number of aromatic amines is 1. The van der Waals surface area contributed by atoms with Gasteiger partial charge in [0.2, 0.25) is 0 Å². The molecule has 1 aromatic heterocycles. The van der Waals surface area contributed by atoms with Crippen molar-refractivity contribution in [1.82, 2.24) is 10.3 Å². The van der Waals surface area contributed by atoms with Gasteiger partial charge >= 0.3 is 0 Å². The topological polar surface area (TPSA) is 80.4 Å². The third-order valence-electron chi connectivity index (χ3n) is 6.20. The zero-order valence-corrected chi connectivity index (χ0v) is 20.8. The lowest BCUT2D eigenvalue weighted by Crippen LogP contribution is -2.44. The normalized spacial score (nSPS) is 11.7. The van der Waals surface area contributed by atoms with Crippen LogP contribution in [0.2, 0.25) is 0 Å². The van der Waals surface area contributed by atoms with E-state index in [1.54, 1.807) is 6.20 Å². The zero-order chi connectivity index (χ0) is 26.2. The van der Waals surface area contributed by atoms with Gasteiger partial charge < -0.3 is 19.8 Å². The predicted molar refractivity (Wildman–Crippen MR) is 147 cm³/mol. The molecule has 4 aromatic carbocycles. The second-order valence-corrected chi connectivity index (χ2v) is 8.98. The van der Waals surface area contributed by atoms with Crippen LogP contribution >= 0.6 is 0 Å². The summed E-state index contributed by atoms with van der Waals surface area (Å²) in [7, 11) is 0. The Bertz CT molecular complexity index is 1500. The van der Waals surface area contributed by atoms with Crippen molar-refractivity contribution in [2.24, 2.45) is 0 Å². The van der Waals surface area contributed by atoms with Crippen LogP contribution in [0.15, 0.2) is 115 Å². The number of H-pyrrole nitrogens is 1. The first-order valence-corrected chi connectivity index (χ1v) is 12.5. The van der Waals surface area contributed by atoms with Crippen LogP contribution in [0.25, 0.3) is 10.9 Å². The standard InChI is InChI=1S/C32H28N2O4/c35-31(19-23-15-17-26(18-16-23)38-25-11-5-2-6-12-25)30(22-37-21-24-9-3-1-4-10-24)34-32(36)28-20-33-29-14-8-7-13-27(28)29/h1-18,20,30,33H,19,21-22H2,(H,34,36). The number of para-hydroxylation sites is 2. The fourth-order valence-corrected chi connectivity index (χ4v) is 4.20. The molecule has 1 heterocycles. The van der Waals surface area contributed by atoms with Crippen LogP contribution in [0.4, 0.5) is 0 Å². The second kappa shape index (κ2) is 12.0. The molecule has 0 saturated heterocycles. The minimum Gasteiger partial charge on any atom is -0.457 e. The van der Waals surface area contributed by atoms with Crippen LogP contribution < -0.4 is 10.1 Å². The van der Waals surface area contributed by atoms with Gasteiger partial charge in [-0.05, 0) is 41.5 Å². The Balaban J connectivity index is 1.27. The Hall–Kier alpha value is -4.68. The van der Waals surface area contributed by atoms with E-state index in [2.05, 4.69) is 10.3 Å². The average Bonchev–Trinajstić information content (AvgIpc) is 3.39. The van der Waals surface area contributed by atoms with Crippen molar-refractivity contribution in [2.45, 2.75) is 19.1 Å². The first kappa shape index (κ1) is 25.0. The maximum Gasteiger partial charge on any atom is 0.254 e. The van der Waals surface area contributed by atoms with Crippen molar-refractivity contribution in [1.29, 1.82) is 0 Å². The fourth-order valence-electron chi connectivity index (χ4n) is 4.20. The minimum absolute atomic E-state index is 0.0665. The molecule has 1 atom stereocenters. The van der Waals surface area contributed by atoms with Crippen LogP contribution in [-0.2, 0) is 22.6 Å². The fraction of sp³-hybridized carbons (Fsp3) is 0.125. The number of ketones is 1. The minimum atomic E-state index is -0.805. The van der Waals surface area contributed by atoms with Gasteiger partial charge in [0.25, 0.3) is 5.91 Å². The molecule has 0 radical (unpaired) electrons. The first-order valence-electron chi connectivity index (χ1n) is 12.5. The molecule has 38 heavy (non-hydrogen) atoms. The van der Waals surface area contributed by atoms with Crippen molar-refractivity contribution >= 4 is 22.6 Å². The monoisotopic (exact) mass is 504 g/mol. The van der Waals surface area contributed by atoms with Gasteiger partial charge in [-0.25, -0.2) is 0 Å². The van der Waals surface area contributed by atoms with Crippen molar-refractivity contribution in [2.75, 3.05) is 6.61 Å². The highest BCUT2D eigenvalue weighted by molar-refractivity contribution is 6.08. The number of carbonyl (C=O) groups is 2. The number of nitrogens with one attached hydrogen (secondary N) is 2. The molecule has 0 aliphatic carbocycles. The molecule has 6 heteroatoms. The van der Waals surface area contributed by atoms with Crippen LogP contribution in [0.3, 0.4) is 0 Å². The number of ether oxygens (including phenoxy) is 2. The van der Waals surface area contributed by atoms with Crippen molar-refractivity contribution < 1.29 is 19.1 Å². The molecule has 0 spiro atoms. The number of Topliss-reactive ketones (excluding diaryl/α,β-unsaturated/α-hetero) is 1. The summed E-state index contributed by atoms with van der Waals surface area (Å²) < 4.78 is 11.7. The molecular weight excluding hydrogens is 476 g/mol. The summed E-state index contributed by atoms with van der Waals surface area (Å²) in [5.41, 5.74) is 3.17. The van der Waals surface area contributed by atoms with Crippen LogP contribution in [0, 0.1) is 0 Å². The molecule has 0 aliphatic rings. The van der Waals surface area contributed by atoms with Crippen molar-refractivity contribution in [3.63, 3.8) is 0 Å². The third kappa shape index (κ3) is 6.35. The Kier molecular flexibility index (Phi) is 7.92. The highest BCUT2D eigenvalue weighted by atomic mass is 16.5. The number of fused-ring (bicyclic) bond motifs is 1. The molecule has 6 nitrogen and oxygen atoms in total. The van der Waals surface area contributed by atoms with Gasteiger partial charge in [-0.1, -0.05) is 78.9 Å². The lowest BCUT2D eigenvalue weighted by atomic mass is 10.0. The summed E-state index contributed by atoms with van der Waals surface area (Å²) in [6, 6.07) is 33.4. The molecule has 1 amide bonds. The third-order valence-corrected chi connectivity index (χ3v) is 6.20. The Morgan fingerprint density at radius 2 is 1.39 bits per heavy atom. The quantitative estimate of drug-likeness (QED) is 0.228. The van der Waals surface area contributed by atoms with Crippen LogP contribution in [0.5, 0.6) is 11.5 Å². The highest BCUT2D eigenvalue weighted by Gasteiger charge is 2.23. The molecule has 2 N–H and O–H groups in total. The smallest absolute Gasteiger partial charge is 0.254 e. The maximum absolute atomic E-state index is 13.4. The SMILES string of the molecule is O=C(NC(COCc1ccccc1)C(=O)Cc1ccc(Oc2ccccc2)cc1)c1c[nH]c2ccccc12. The molecule has 0 bridgehead atoms. The number of hydrogen-bond donors (Lipinski definition) is 2. The Morgan fingerprint density at radius 1 is 0.737 bits per heavy atom. The van der Waals surface area contributed by atoms with Crippen LogP contribution in [0.1, 0.15) is 21.5 Å². The second-order valence-electron chi connectivity index (χ2n) is 8.98. The van der Waals surface area contributed by atoms with Crippen LogP contribution in [-0.4, -0.2) is 29.3 Å². The zero-order valence-electron chi connectivity index (χ0n) is 20.8. The van der Waals surface area contributed by atoms with Gasteiger partial charge in [0.05, 0.1) is 18.8 Å². The van der Waals surface area contributed by atoms with Gasteiger partial charge in [-0.15, -0.1) is 0 Å². The van der Waals surface area contributed by atoms with E-state index < -0.39 is 6.04 Å². The molecule has 5 aromatic rings. The number of aromatic nitrogens is 1. The van der Waals surface area contributed by atoms with E-state index in [4.69, 9.17) is 9.47 Å². The number of benzene rings is 4. The number of carbonyl (C=O) groups excluding carboxylic acids is 2. The molecule has 0 fully saturated rings. The van der Waals surface area contributed by atoms with Gasteiger partial charge in [0.1, 0.15) is 17.5 Å². The lowest BCUT2D eigenvalue weighted by molar-refractivity contribution is -0.121. The van der Waals surface area contributed by atoms with E-state index >= 15 is 0 Å². The van der Waals surface area contributed by atoms with E-state index in [1.165, 1.54) is 0 Å². The summed E-state index contributed by atoms with van der Waals surface area (Å²) in [5, 5.41) is 3.71. The molecule has 1 unspecified atom stereocenters. The van der Waals surface area contributed by atoms with Crippen molar-refractivity contribution in [3.8, 4) is 11.5 Å². The maximum atomic E-state index is 13.4. The van der Waals surface area contributed by atoms with Gasteiger partial charge in [0.15, 0.2) is 5.78 Å². The van der Waals surface area contributed by atoms with E-state index in [0.29, 0.717) is 17.9 Å². The largest absolute Gasteiger partial charge is 0.457 e. The summed E-state index contributed by atoms with van der Waals surface area (Å²) in [6.45, 7) is 0.413. The molecular formula is C32H28N2O4. The Labute approximate surface area is 221 Å². The summed E-state index contributed by atoms with van der Waals surface area (Å²) >= 11 is 0. The first-order chi connectivity index (χ1) is 18.7.